The zero-order chi connectivity index (χ0) is 9.15. The van der Waals surface area contributed by atoms with Crippen molar-refractivity contribution in [3.05, 3.63) is 0 Å². The first-order valence-corrected chi connectivity index (χ1v) is 5.30. The lowest BCUT2D eigenvalue weighted by Crippen LogP contribution is -2.41. The molecule has 76 valence electrons. The fourth-order valence-corrected chi connectivity index (χ4v) is 2.09. The summed E-state index contributed by atoms with van der Waals surface area (Å²) in [4.78, 5) is 0. The number of hydrogen-bond acceptors (Lipinski definition) is 3. The molecule has 0 saturated carbocycles. The third-order valence-corrected chi connectivity index (χ3v) is 2.69. The summed E-state index contributed by atoms with van der Waals surface area (Å²) in [6.07, 6.45) is 5.84. The third kappa shape index (κ3) is 2.03. The average Bonchev–Trinajstić information content (AvgIpc) is 2.54. The fraction of sp³-hybridized carbons (Fsp3) is 1.00. The third-order valence-electron chi connectivity index (χ3n) is 2.69. The molecule has 2 aliphatic heterocycles. The average molecular weight is 186 g/mol. The Kier molecular flexibility index (Phi) is 2.86. The van der Waals surface area contributed by atoms with Crippen molar-refractivity contribution >= 4 is 0 Å². The lowest BCUT2D eigenvalue weighted by atomic mass is 10.0. The van der Waals surface area contributed by atoms with Crippen molar-refractivity contribution in [3.63, 3.8) is 0 Å². The van der Waals surface area contributed by atoms with Gasteiger partial charge in [0.15, 0.2) is 0 Å². The van der Waals surface area contributed by atoms with Gasteiger partial charge in [-0.25, -0.2) is 0 Å². The molecule has 1 spiro atoms. The maximum atomic E-state index is 5.83. The number of ether oxygens (including phenoxy) is 3. The smallest absolute Gasteiger partial charge is 0.283 e. The van der Waals surface area contributed by atoms with Crippen LogP contribution in [-0.4, -0.2) is 25.3 Å². The van der Waals surface area contributed by atoms with E-state index in [1.165, 1.54) is 6.42 Å². The van der Waals surface area contributed by atoms with Crippen LogP contribution in [0.15, 0.2) is 0 Å². The molecule has 0 radical (unpaired) electrons. The Hall–Kier alpha value is -0.120. The Balaban J connectivity index is 1.90. The summed E-state index contributed by atoms with van der Waals surface area (Å²) >= 11 is 0. The van der Waals surface area contributed by atoms with E-state index in [4.69, 9.17) is 14.2 Å². The summed E-state index contributed by atoms with van der Waals surface area (Å²) < 4.78 is 16.9. The molecule has 3 heteroatoms. The largest absolute Gasteiger partial charge is 0.325 e. The van der Waals surface area contributed by atoms with Crippen molar-refractivity contribution in [1.29, 1.82) is 0 Å². The molecule has 2 saturated heterocycles. The molecule has 2 heterocycles. The molecule has 0 aliphatic carbocycles. The van der Waals surface area contributed by atoms with Crippen LogP contribution in [0.2, 0.25) is 0 Å². The van der Waals surface area contributed by atoms with E-state index >= 15 is 0 Å². The van der Waals surface area contributed by atoms with Crippen molar-refractivity contribution in [2.45, 2.75) is 51.1 Å². The van der Waals surface area contributed by atoms with Gasteiger partial charge in [-0.1, -0.05) is 13.3 Å². The van der Waals surface area contributed by atoms with Gasteiger partial charge in [0.25, 0.3) is 5.97 Å². The van der Waals surface area contributed by atoms with E-state index in [9.17, 15) is 0 Å². The van der Waals surface area contributed by atoms with Crippen molar-refractivity contribution in [2.24, 2.45) is 0 Å². The second-order valence-electron chi connectivity index (χ2n) is 3.80. The highest BCUT2D eigenvalue weighted by atomic mass is 16.9. The molecule has 0 aromatic carbocycles. The predicted octanol–water partition coefficient (Wildman–Crippen LogP) is 2.06. The molecule has 2 fully saturated rings. The van der Waals surface area contributed by atoms with Crippen molar-refractivity contribution in [2.75, 3.05) is 13.2 Å². The monoisotopic (exact) mass is 186 g/mol. The fourth-order valence-electron chi connectivity index (χ4n) is 2.09. The first-order chi connectivity index (χ1) is 6.35. The normalized spacial score (nSPS) is 32.5. The Morgan fingerprint density at radius 2 is 2.08 bits per heavy atom. The summed E-state index contributed by atoms with van der Waals surface area (Å²) in [5, 5.41) is 0. The van der Waals surface area contributed by atoms with Gasteiger partial charge in [-0.05, 0) is 19.3 Å². The van der Waals surface area contributed by atoms with E-state index in [1.54, 1.807) is 0 Å². The molecule has 2 rings (SSSR count). The van der Waals surface area contributed by atoms with Crippen LogP contribution < -0.4 is 0 Å². The van der Waals surface area contributed by atoms with Crippen LogP contribution in [0.5, 0.6) is 0 Å². The van der Waals surface area contributed by atoms with E-state index in [1.807, 2.05) is 0 Å². The molecule has 0 N–H and O–H groups in total. The minimum absolute atomic E-state index is 0.344. The minimum atomic E-state index is -0.655. The van der Waals surface area contributed by atoms with Crippen LogP contribution in [0.1, 0.15) is 39.0 Å². The van der Waals surface area contributed by atoms with Crippen LogP contribution in [0.25, 0.3) is 0 Å². The van der Waals surface area contributed by atoms with Gasteiger partial charge in [0.1, 0.15) is 0 Å². The first-order valence-electron chi connectivity index (χ1n) is 5.30. The van der Waals surface area contributed by atoms with Gasteiger partial charge in [0, 0.05) is 6.42 Å². The van der Waals surface area contributed by atoms with Crippen molar-refractivity contribution < 1.29 is 14.2 Å². The standard InChI is InChI=1S/C10H18O3/c1-2-4-9-5-3-6-10(13-9)11-7-8-12-10/h9H,2-8H2,1H3. The molecule has 0 amide bonds. The SMILES string of the molecule is CCCC1CCCC2(OCCO2)O1. The highest BCUT2D eigenvalue weighted by molar-refractivity contribution is 4.73. The summed E-state index contributed by atoms with van der Waals surface area (Å²) in [5.74, 6) is -0.655. The Labute approximate surface area is 79.4 Å². The topological polar surface area (TPSA) is 27.7 Å². The molecular formula is C10H18O3. The quantitative estimate of drug-likeness (QED) is 0.660. The highest BCUT2D eigenvalue weighted by Gasteiger charge is 2.42. The van der Waals surface area contributed by atoms with Gasteiger partial charge in [0.05, 0.1) is 19.3 Å². The van der Waals surface area contributed by atoms with Crippen LogP contribution in [-0.2, 0) is 14.2 Å². The number of hydrogen-bond donors (Lipinski definition) is 0. The van der Waals surface area contributed by atoms with Crippen LogP contribution in [0.3, 0.4) is 0 Å². The van der Waals surface area contributed by atoms with Gasteiger partial charge < -0.3 is 14.2 Å². The second-order valence-corrected chi connectivity index (χ2v) is 3.80. The molecule has 1 atom stereocenters. The zero-order valence-corrected chi connectivity index (χ0v) is 8.25. The molecule has 13 heavy (non-hydrogen) atoms. The molecule has 0 bridgehead atoms. The first kappa shape index (κ1) is 9.44. The maximum Gasteiger partial charge on any atom is 0.283 e. The lowest BCUT2D eigenvalue weighted by Gasteiger charge is -2.36. The van der Waals surface area contributed by atoms with Crippen LogP contribution >= 0.6 is 0 Å². The summed E-state index contributed by atoms with van der Waals surface area (Å²) in [6.45, 7) is 3.54. The number of rotatable bonds is 2. The van der Waals surface area contributed by atoms with Crippen molar-refractivity contribution in [3.8, 4) is 0 Å². The van der Waals surface area contributed by atoms with Gasteiger partial charge in [-0.3, -0.25) is 0 Å². The Morgan fingerprint density at radius 1 is 1.31 bits per heavy atom. The molecular weight excluding hydrogens is 168 g/mol. The Morgan fingerprint density at radius 3 is 2.77 bits per heavy atom. The summed E-state index contributed by atoms with van der Waals surface area (Å²) in [7, 11) is 0. The molecule has 0 aromatic rings. The molecule has 0 aromatic heterocycles. The van der Waals surface area contributed by atoms with Gasteiger partial charge in [-0.2, -0.15) is 0 Å². The zero-order valence-electron chi connectivity index (χ0n) is 8.25. The molecule has 2 aliphatic rings. The van der Waals surface area contributed by atoms with Gasteiger partial charge >= 0.3 is 0 Å². The van der Waals surface area contributed by atoms with Crippen LogP contribution in [0, 0.1) is 0 Å². The lowest BCUT2D eigenvalue weighted by molar-refractivity contribution is -0.364. The summed E-state index contributed by atoms with van der Waals surface area (Å²) in [6, 6.07) is 0. The highest BCUT2D eigenvalue weighted by Crippen LogP contribution is 2.35. The van der Waals surface area contributed by atoms with E-state index in [2.05, 4.69) is 6.92 Å². The van der Waals surface area contributed by atoms with E-state index < -0.39 is 5.97 Å². The Bertz CT molecular complexity index is 162. The minimum Gasteiger partial charge on any atom is -0.325 e. The van der Waals surface area contributed by atoms with Gasteiger partial charge in [0.2, 0.25) is 0 Å². The van der Waals surface area contributed by atoms with E-state index in [0.717, 1.165) is 25.7 Å². The van der Waals surface area contributed by atoms with Gasteiger partial charge in [-0.15, -0.1) is 0 Å². The van der Waals surface area contributed by atoms with E-state index in [0.29, 0.717) is 19.3 Å². The van der Waals surface area contributed by atoms with Crippen molar-refractivity contribution in [1.82, 2.24) is 0 Å². The summed E-state index contributed by atoms with van der Waals surface area (Å²) in [5.41, 5.74) is 0. The second kappa shape index (κ2) is 3.95. The van der Waals surface area contributed by atoms with Crippen LogP contribution in [0.4, 0.5) is 0 Å². The predicted molar refractivity (Wildman–Crippen MR) is 48.3 cm³/mol. The van der Waals surface area contributed by atoms with E-state index in [-0.39, 0.29) is 0 Å². The maximum absolute atomic E-state index is 5.83. The molecule has 1 unspecified atom stereocenters. The molecule has 3 nitrogen and oxygen atoms in total.